The van der Waals surface area contributed by atoms with Crippen LogP contribution in [0.2, 0.25) is 5.02 Å². The highest BCUT2D eigenvalue weighted by molar-refractivity contribution is 6.30. The number of ether oxygens (including phenoxy) is 2. The number of hydrogen-bond donors (Lipinski definition) is 3. The van der Waals surface area contributed by atoms with Gasteiger partial charge in [-0.1, -0.05) is 37.3 Å². The summed E-state index contributed by atoms with van der Waals surface area (Å²) in [4.78, 5) is 26.8. The van der Waals surface area contributed by atoms with E-state index in [0.717, 1.165) is 38.5 Å². The number of nitrogens with one attached hydrogen (secondary N) is 3. The number of amides is 2. The fraction of sp³-hybridized carbons (Fsp3) is 0.714. The van der Waals surface area contributed by atoms with Gasteiger partial charge in [0.15, 0.2) is 6.61 Å². The number of fused-ring (bicyclic) bond motifs is 2. The van der Waals surface area contributed by atoms with Gasteiger partial charge >= 0.3 is 0 Å². The number of nitrogens with zero attached hydrogens (tertiary/aromatic N) is 1. The van der Waals surface area contributed by atoms with Crippen molar-refractivity contribution in [3.63, 3.8) is 0 Å². The molecule has 1 aromatic rings. The Kier molecular flexibility index (Phi) is 8.48. The second-order valence-electron chi connectivity index (χ2n) is 11.6. The predicted octanol–water partition coefficient (Wildman–Crippen LogP) is 3.78. The molecule has 0 spiro atoms. The van der Waals surface area contributed by atoms with E-state index in [-0.39, 0.29) is 53.4 Å². The fourth-order valence-electron chi connectivity index (χ4n) is 7.20. The summed E-state index contributed by atoms with van der Waals surface area (Å²) in [6, 6.07) is 4.10. The van der Waals surface area contributed by atoms with Crippen molar-refractivity contribution in [2.24, 2.45) is 17.8 Å². The fourth-order valence-corrected chi connectivity index (χ4v) is 7.31. The van der Waals surface area contributed by atoms with Crippen LogP contribution in [0.4, 0.5) is 4.39 Å². The average molecular weight is 551 g/mol. The van der Waals surface area contributed by atoms with Crippen LogP contribution in [0.15, 0.2) is 18.2 Å². The number of halogens is 2. The number of methoxy groups -OCH3 is 1. The molecule has 1 aliphatic heterocycles. The molecule has 6 rings (SSSR count). The van der Waals surface area contributed by atoms with Crippen molar-refractivity contribution in [1.29, 1.82) is 0 Å². The molecule has 4 saturated carbocycles. The molecule has 5 aliphatic rings. The first kappa shape index (κ1) is 27.6. The maximum Gasteiger partial charge on any atom is 0.258 e. The van der Waals surface area contributed by atoms with Crippen LogP contribution in [0.1, 0.15) is 64.2 Å². The first-order chi connectivity index (χ1) is 18.3. The summed E-state index contributed by atoms with van der Waals surface area (Å²) in [5.74, 6) is 0.616. The summed E-state index contributed by atoms with van der Waals surface area (Å²) in [5, 5.41) is 8.56. The normalized spacial score (nSPS) is 33.7. The van der Waals surface area contributed by atoms with E-state index in [1.54, 1.807) is 7.11 Å². The Morgan fingerprint density at radius 1 is 1.11 bits per heavy atom. The summed E-state index contributed by atoms with van der Waals surface area (Å²) < 4.78 is 24.8. The average Bonchev–Trinajstić information content (AvgIpc) is 3.02. The minimum atomic E-state index is -0.647. The third-order valence-corrected chi connectivity index (χ3v) is 9.73. The van der Waals surface area contributed by atoms with E-state index in [1.165, 1.54) is 31.0 Å². The molecule has 8 nitrogen and oxygen atoms in total. The van der Waals surface area contributed by atoms with Gasteiger partial charge in [0, 0.05) is 38.7 Å². The number of hydrogen-bond acceptors (Lipinski definition) is 6. The van der Waals surface area contributed by atoms with Gasteiger partial charge < -0.3 is 20.1 Å². The van der Waals surface area contributed by atoms with Gasteiger partial charge in [0.1, 0.15) is 23.3 Å². The van der Waals surface area contributed by atoms with Crippen molar-refractivity contribution in [3.05, 3.63) is 29.0 Å². The maximum absolute atomic E-state index is 14.1. The van der Waals surface area contributed by atoms with Crippen LogP contribution in [0.5, 0.6) is 5.75 Å². The first-order valence-electron chi connectivity index (χ1n) is 14.0. The summed E-state index contributed by atoms with van der Waals surface area (Å²) in [6.45, 7) is -0.204. The molecule has 2 amide bonds. The molecule has 210 valence electrons. The number of carbonyl (C=O) groups is 2. The van der Waals surface area contributed by atoms with E-state index < -0.39 is 11.4 Å². The Morgan fingerprint density at radius 3 is 2.42 bits per heavy atom. The zero-order chi connectivity index (χ0) is 26.9. The van der Waals surface area contributed by atoms with E-state index >= 15 is 0 Å². The van der Waals surface area contributed by atoms with Crippen LogP contribution in [-0.2, 0) is 14.3 Å². The van der Waals surface area contributed by atoms with Gasteiger partial charge in [0.25, 0.3) is 5.91 Å². The third-order valence-electron chi connectivity index (χ3n) is 9.42. The molecule has 3 unspecified atom stereocenters. The van der Waals surface area contributed by atoms with E-state index in [1.807, 2.05) is 12.1 Å². The highest BCUT2D eigenvalue weighted by Crippen LogP contribution is 2.47. The van der Waals surface area contributed by atoms with Crippen molar-refractivity contribution in [3.8, 4) is 5.75 Å². The van der Waals surface area contributed by atoms with Crippen LogP contribution < -0.4 is 20.8 Å². The molecular weight excluding hydrogens is 511 g/mol. The Labute approximate surface area is 229 Å². The summed E-state index contributed by atoms with van der Waals surface area (Å²) in [7, 11) is 3.65. The molecule has 5 fully saturated rings. The predicted molar refractivity (Wildman–Crippen MR) is 142 cm³/mol. The summed E-state index contributed by atoms with van der Waals surface area (Å²) in [6.07, 6.45) is 9.96. The van der Waals surface area contributed by atoms with Crippen molar-refractivity contribution < 1.29 is 23.5 Å². The van der Waals surface area contributed by atoms with Gasteiger partial charge in [-0.15, -0.1) is 0 Å². The smallest absolute Gasteiger partial charge is 0.258 e. The molecule has 1 heterocycles. The monoisotopic (exact) mass is 550 g/mol. The van der Waals surface area contributed by atoms with Crippen molar-refractivity contribution in [2.75, 3.05) is 20.8 Å². The van der Waals surface area contributed by atoms with E-state index in [0.29, 0.717) is 24.7 Å². The van der Waals surface area contributed by atoms with E-state index in [2.05, 4.69) is 16.1 Å². The number of benzene rings is 1. The molecule has 1 aromatic carbocycles. The van der Waals surface area contributed by atoms with Gasteiger partial charge in [-0.3, -0.25) is 9.59 Å². The molecule has 4 aliphatic carbocycles. The minimum Gasteiger partial charge on any atom is -0.484 e. The molecule has 1 saturated heterocycles. The van der Waals surface area contributed by atoms with Crippen molar-refractivity contribution in [1.82, 2.24) is 21.1 Å². The van der Waals surface area contributed by atoms with Crippen molar-refractivity contribution >= 4 is 23.4 Å². The molecule has 3 N–H and O–H groups in total. The third kappa shape index (κ3) is 5.53. The van der Waals surface area contributed by atoms with E-state index in [9.17, 15) is 14.0 Å². The molecule has 0 aromatic heterocycles. The van der Waals surface area contributed by atoms with Crippen LogP contribution in [-0.4, -0.2) is 61.4 Å². The van der Waals surface area contributed by atoms with Crippen LogP contribution in [0.3, 0.4) is 0 Å². The number of rotatable bonds is 8. The molecule has 38 heavy (non-hydrogen) atoms. The zero-order valence-corrected chi connectivity index (χ0v) is 23.1. The Hall–Kier alpha value is -1.94. The Bertz CT molecular complexity index is 1020. The topological polar surface area (TPSA) is 91.9 Å². The van der Waals surface area contributed by atoms with E-state index in [4.69, 9.17) is 21.1 Å². The van der Waals surface area contributed by atoms with Gasteiger partial charge in [-0.05, 0) is 62.0 Å². The molecule has 10 heteroatoms. The van der Waals surface area contributed by atoms with Crippen LogP contribution in [0, 0.1) is 23.6 Å². The molecule has 2 bridgehead atoms. The number of likely N-dealkylation sites (N-methyl/N-ethyl adjacent to an activating group) is 1. The van der Waals surface area contributed by atoms with Crippen LogP contribution in [0.25, 0.3) is 0 Å². The van der Waals surface area contributed by atoms with Gasteiger partial charge in [-0.25, -0.2) is 14.8 Å². The largest absolute Gasteiger partial charge is 0.484 e. The highest BCUT2D eigenvalue weighted by Gasteiger charge is 2.56. The Balaban J connectivity index is 1.21. The minimum absolute atomic E-state index is 0.00905. The van der Waals surface area contributed by atoms with Gasteiger partial charge in [0.05, 0.1) is 5.02 Å². The maximum atomic E-state index is 14.1. The second-order valence-corrected chi connectivity index (χ2v) is 12.0. The molecular formula is C28H40ClFN4O4. The molecule has 4 atom stereocenters. The zero-order valence-electron chi connectivity index (χ0n) is 22.3. The lowest BCUT2D eigenvalue weighted by Gasteiger charge is -2.52. The lowest BCUT2D eigenvalue weighted by Crippen LogP contribution is -2.66. The van der Waals surface area contributed by atoms with Crippen molar-refractivity contribution in [2.45, 2.75) is 88.1 Å². The molecule has 0 radical (unpaired) electrons. The van der Waals surface area contributed by atoms with Gasteiger partial charge in [0.2, 0.25) is 5.91 Å². The lowest BCUT2D eigenvalue weighted by molar-refractivity contribution is -0.139. The number of carbonyl (C=O) groups excluding carboxylic acids is 2. The standard InChI is InChI=1S/C28H40ClFN4O4/c1-34-28(15-26(33-34)37-2,19-7-5-3-4-6-8-19)27(36)32-24-14-23(17-11-18(24)12-17)31-25(35)16-38-20-9-10-21(29)22(30)13-20/h9-10,13,17-19,23-24,26,33H,3-8,11-12,14-16H2,1-2H3,(H,31,35)(H,32,36)/t17?,18?,23-,24?,26?,28?/m0/s1. The SMILES string of the molecule is COC1CC(C(=O)NC2C[C@H](NC(=O)COc3ccc(Cl)c(F)c3)C3CC2C3)(C2CCCCCC2)N(C)N1. The van der Waals surface area contributed by atoms with Gasteiger partial charge in [-0.2, -0.15) is 0 Å². The van der Waals surface area contributed by atoms with Crippen LogP contribution >= 0.6 is 11.6 Å². The summed E-state index contributed by atoms with van der Waals surface area (Å²) in [5.41, 5.74) is 2.72. The Morgan fingerprint density at radius 2 is 1.79 bits per heavy atom. The quantitative estimate of drug-likeness (QED) is 0.427. The summed E-state index contributed by atoms with van der Waals surface area (Å²) >= 11 is 5.71. The number of hydrazine groups is 1. The first-order valence-corrected chi connectivity index (χ1v) is 14.4. The lowest BCUT2D eigenvalue weighted by atomic mass is 9.60. The second kappa shape index (κ2) is 11.7. The highest BCUT2D eigenvalue weighted by atomic mass is 35.5.